The minimum atomic E-state index is -4.60. The number of ether oxygens (including phenoxy) is 1. The summed E-state index contributed by atoms with van der Waals surface area (Å²) in [6, 6.07) is 2.76. The second-order valence-electron chi connectivity index (χ2n) is 6.57. The van der Waals surface area contributed by atoms with Crippen LogP contribution in [0, 0.1) is 0 Å². The van der Waals surface area contributed by atoms with E-state index in [2.05, 4.69) is 25.5 Å². The summed E-state index contributed by atoms with van der Waals surface area (Å²) in [5, 5.41) is 20.6. The molecule has 3 N–H and O–H groups in total. The standard InChI is InChI=1S/C18H18F3N5O2/c19-18(20,21)14-7-12(10(9-27)8-23-14)16-15-13(25-26-16)1-4-22-17(15)24-11-2-5-28-6-3-11/h1,4,7-8,11,27H,2-3,5-6,9H2,(H,22,24)(H,25,26). The van der Waals surface area contributed by atoms with Crippen molar-refractivity contribution in [2.24, 2.45) is 0 Å². The lowest BCUT2D eigenvalue weighted by molar-refractivity contribution is -0.141. The Labute approximate surface area is 158 Å². The molecule has 4 rings (SSSR count). The number of aromatic nitrogens is 4. The molecular weight excluding hydrogens is 375 g/mol. The molecule has 0 amide bonds. The third-order valence-electron chi connectivity index (χ3n) is 4.74. The van der Waals surface area contributed by atoms with E-state index in [1.54, 1.807) is 12.3 Å². The number of fused-ring (bicyclic) bond motifs is 1. The van der Waals surface area contributed by atoms with Crippen molar-refractivity contribution in [2.75, 3.05) is 18.5 Å². The molecule has 0 saturated carbocycles. The number of H-pyrrole nitrogens is 1. The first-order chi connectivity index (χ1) is 13.5. The van der Waals surface area contributed by atoms with Gasteiger partial charge in [-0.1, -0.05) is 0 Å². The fourth-order valence-electron chi connectivity index (χ4n) is 3.29. The Balaban J connectivity index is 1.83. The van der Waals surface area contributed by atoms with Gasteiger partial charge in [0.2, 0.25) is 0 Å². The fraction of sp³-hybridized carbons (Fsp3) is 0.389. The quantitative estimate of drug-likeness (QED) is 0.630. The second kappa shape index (κ2) is 7.36. The smallest absolute Gasteiger partial charge is 0.392 e. The highest BCUT2D eigenvalue weighted by Crippen LogP contribution is 2.36. The van der Waals surface area contributed by atoms with E-state index in [0.717, 1.165) is 25.1 Å². The van der Waals surface area contributed by atoms with Crippen molar-refractivity contribution in [3.05, 3.63) is 35.8 Å². The van der Waals surface area contributed by atoms with Crippen LogP contribution in [-0.2, 0) is 17.5 Å². The van der Waals surface area contributed by atoms with E-state index in [1.807, 2.05) is 0 Å². The molecule has 3 aromatic rings. The molecule has 1 saturated heterocycles. The predicted molar refractivity (Wildman–Crippen MR) is 95.5 cm³/mol. The average Bonchev–Trinajstić information content (AvgIpc) is 3.12. The van der Waals surface area contributed by atoms with Gasteiger partial charge in [-0.3, -0.25) is 10.1 Å². The lowest BCUT2D eigenvalue weighted by Gasteiger charge is -2.24. The van der Waals surface area contributed by atoms with Crippen LogP contribution in [0.5, 0.6) is 0 Å². The highest BCUT2D eigenvalue weighted by Gasteiger charge is 2.33. The third-order valence-corrected chi connectivity index (χ3v) is 4.74. The van der Waals surface area contributed by atoms with Crippen molar-refractivity contribution in [1.29, 1.82) is 0 Å². The first-order valence-corrected chi connectivity index (χ1v) is 8.82. The Morgan fingerprint density at radius 3 is 2.75 bits per heavy atom. The van der Waals surface area contributed by atoms with Gasteiger partial charge in [0.15, 0.2) is 0 Å². The van der Waals surface area contributed by atoms with Gasteiger partial charge in [0.1, 0.15) is 17.2 Å². The maximum absolute atomic E-state index is 13.2. The molecule has 0 bridgehead atoms. The number of rotatable bonds is 4. The summed E-state index contributed by atoms with van der Waals surface area (Å²) in [6.45, 7) is 0.817. The number of aromatic amines is 1. The zero-order chi connectivity index (χ0) is 19.7. The SMILES string of the molecule is OCc1cnc(C(F)(F)F)cc1-c1n[nH]c2ccnc(NC3CCOCC3)c12. The van der Waals surface area contributed by atoms with Gasteiger partial charge in [0.05, 0.1) is 17.5 Å². The topological polar surface area (TPSA) is 96.0 Å². The van der Waals surface area contributed by atoms with Crippen LogP contribution in [0.3, 0.4) is 0 Å². The highest BCUT2D eigenvalue weighted by molar-refractivity contribution is 6.01. The van der Waals surface area contributed by atoms with Crippen molar-refractivity contribution in [2.45, 2.75) is 31.7 Å². The number of aliphatic hydroxyl groups is 1. The van der Waals surface area contributed by atoms with Crippen LogP contribution < -0.4 is 5.32 Å². The molecule has 1 fully saturated rings. The minimum absolute atomic E-state index is 0.148. The van der Waals surface area contributed by atoms with Gasteiger partial charge in [-0.25, -0.2) is 4.98 Å². The number of pyridine rings is 2. The summed E-state index contributed by atoms with van der Waals surface area (Å²) >= 11 is 0. The fourth-order valence-corrected chi connectivity index (χ4v) is 3.29. The number of alkyl halides is 3. The van der Waals surface area contributed by atoms with Gasteiger partial charge in [0, 0.05) is 42.8 Å². The van der Waals surface area contributed by atoms with Crippen LogP contribution in [0.1, 0.15) is 24.1 Å². The lowest BCUT2D eigenvalue weighted by Crippen LogP contribution is -2.28. The molecule has 1 aliphatic heterocycles. The van der Waals surface area contributed by atoms with Crippen molar-refractivity contribution in [1.82, 2.24) is 20.2 Å². The maximum Gasteiger partial charge on any atom is 0.433 e. The number of anilines is 1. The van der Waals surface area contributed by atoms with Crippen molar-refractivity contribution in [3.8, 4) is 11.3 Å². The summed E-state index contributed by atoms with van der Waals surface area (Å²) < 4.78 is 44.8. The van der Waals surface area contributed by atoms with Crippen LogP contribution in [-0.4, -0.2) is 44.5 Å². The Kier molecular flexibility index (Phi) is 4.90. The number of hydrogen-bond donors (Lipinski definition) is 3. The number of nitrogens with zero attached hydrogens (tertiary/aromatic N) is 3. The second-order valence-corrected chi connectivity index (χ2v) is 6.57. The van der Waals surface area contributed by atoms with Gasteiger partial charge < -0.3 is 15.2 Å². The first-order valence-electron chi connectivity index (χ1n) is 8.82. The van der Waals surface area contributed by atoms with E-state index in [9.17, 15) is 18.3 Å². The summed E-state index contributed by atoms with van der Waals surface area (Å²) in [5.74, 6) is 0.530. The highest BCUT2D eigenvalue weighted by atomic mass is 19.4. The molecule has 0 aromatic carbocycles. The molecule has 4 heterocycles. The Bertz CT molecular complexity index is 983. The summed E-state index contributed by atoms with van der Waals surface area (Å²) in [4.78, 5) is 7.79. The Morgan fingerprint density at radius 2 is 2.04 bits per heavy atom. The van der Waals surface area contributed by atoms with E-state index in [-0.39, 0.29) is 22.9 Å². The van der Waals surface area contributed by atoms with E-state index < -0.39 is 18.5 Å². The van der Waals surface area contributed by atoms with Crippen LogP contribution >= 0.6 is 0 Å². The molecular formula is C18H18F3N5O2. The summed E-state index contributed by atoms with van der Waals surface area (Å²) in [6.07, 6.45) is -0.356. The van der Waals surface area contributed by atoms with Crippen LogP contribution in [0.15, 0.2) is 24.5 Å². The van der Waals surface area contributed by atoms with Crippen molar-refractivity contribution in [3.63, 3.8) is 0 Å². The molecule has 10 heteroatoms. The van der Waals surface area contributed by atoms with E-state index in [1.165, 1.54) is 0 Å². The zero-order valence-electron chi connectivity index (χ0n) is 14.8. The molecule has 0 radical (unpaired) electrons. The first kappa shape index (κ1) is 18.6. The zero-order valence-corrected chi connectivity index (χ0v) is 14.8. The molecule has 148 valence electrons. The summed E-state index contributed by atoms with van der Waals surface area (Å²) in [7, 11) is 0. The molecule has 7 nitrogen and oxygen atoms in total. The van der Waals surface area contributed by atoms with Gasteiger partial charge in [0.25, 0.3) is 0 Å². The molecule has 28 heavy (non-hydrogen) atoms. The number of hydrogen-bond acceptors (Lipinski definition) is 6. The molecule has 3 aromatic heterocycles. The Hall–Kier alpha value is -2.72. The molecule has 0 spiro atoms. The maximum atomic E-state index is 13.2. The van der Waals surface area contributed by atoms with Gasteiger partial charge in [-0.2, -0.15) is 18.3 Å². The minimum Gasteiger partial charge on any atom is -0.392 e. The van der Waals surface area contributed by atoms with Crippen LogP contribution in [0.25, 0.3) is 22.2 Å². The van der Waals surface area contributed by atoms with Crippen molar-refractivity contribution >= 4 is 16.7 Å². The number of nitrogens with one attached hydrogen (secondary N) is 2. The van der Waals surface area contributed by atoms with Gasteiger partial charge in [-0.05, 0) is 25.0 Å². The van der Waals surface area contributed by atoms with Gasteiger partial charge >= 0.3 is 6.18 Å². The Morgan fingerprint density at radius 1 is 1.25 bits per heavy atom. The predicted octanol–water partition coefficient (Wildman–Crippen LogP) is 3.12. The molecule has 1 aliphatic rings. The number of halogens is 3. The lowest BCUT2D eigenvalue weighted by atomic mass is 10.0. The van der Waals surface area contributed by atoms with E-state index >= 15 is 0 Å². The monoisotopic (exact) mass is 393 g/mol. The molecule has 0 unspecified atom stereocenters. The van der Waals surface area contributed by atoms with Crippen LogP contribution in [0.2, 0.25) is 0 Å². The third kappa shape index (κ3) is 3.52. The van der Waals surface area contributed by atoms with Crippen molar-refractivity contribution < 1.29 is 23.0 Å². The normalized spacial score (nSPS) is 15.9. The average molecular weight is 393 g/mol. The summed E-state index contributed by atoms with van der Waals surface area (Å²) in [5.41, 5.74) is 0.295. The molecule has 0 aliphatic carbocycles. The van der Waals surface area contributed by atoms with E-state index in [4.69, 9.17) is 4.74 Å². The van der Waals surface area contributed by atoms with Gasteiger partial charge in [-0.15, -0.1) is 0 Å². The molecule has 0 atom stereocenters. The van der Waals surface area contributed by atoms with E-state index in [0.29, 0.717) is 29.9 Å². The number of aliphatic hydroxyl groups excluding tert-OH is 1. The van der Waals surface area contributed by atoms with Crippen LogP contribution in [0.4, 0.5) is 19.0 Å². The largest absolute Gasteiger partial charge is 0.433 e.